The molecule has 0 N–H and O–H groups in total. The van der Waals surface area contributed by atoms with Gasteiger partial charge in [0.25, 0.3) is 0 Å². The first-order chi connectivity index (χ1) is 21.3. The highest BCUT2D eigenvalue weighted by Gasteiger charge is 2.17. The van der Waals surface area contributed by atoms with Gasteiger partial charge in [0.2, 0.25) is 0 Å². The van der Waals surface area contributed by atoms with E-state index in [0.717, 1.165) is 0 Å². The summed E-state index contributed by atoms with van der Waals surface area (Å²) in [5.41, 5.74) is 13.2. The molecule has 0 saturated carbocycles. The Morgan fingerprint density at radius 1 is 0.273 bits per heavy atom. The molecule has 0 aliphatic heterocycles. The van der Waals surface area contributed by atoms with Crippen molar-refractivity contribution in [2.24, 2.45) is 0 Å². The van der Waals surface area contributed by atoms with Crippen LogP contribution in [0.3, 0.4) is 0 Å². The van der Waals surface area contributed by atoms with Crippen LogP contribution >= 0.6 is 0 Å². The van der Waals surface area contributed by atoms with E-state index in [9.17, 15) is 0 Å². The minimum atomic E-state index is 1.27. The van der Waals surface area contributed by atoms with E-state index in [0.29, 0.717) is 0 Å². The second-order valence-electron chi connectivity index (χ2n) is 12.8. The quantitative estimate of drug-likeness (QED) is 0.183. The van der Waals surface area contributed by atoms with Crippen molar-refractivity contribution in [3.8, 4) is 22.3 Å². The third-order valence-electron chi connectivity index (χ3n) is 10.3. The smallest absolute Gasteiger partial charge is 0.00137 e. The predicted octanol–water partition coefficient (Wildman–Crippen LogP) is 12.6. The first-order valence-electron chi connectivity index (χ1n) is 15.7. The largest absolute Gasteiger partial charge is 0.0616 e. The van der Waals surface area contributed by atoms with Gasteiger partial charge in [-0.15, -0.1) is 0 Å². The maximum atomic E-state index is 2.45. The van der Waals surface area contributed by atoms with Gasteiger partial charge in [0.15, 0.2) is 0 Å². The monoisotopic (exact) mass is 564 g/mol. The Morgan fingerprint density at radius 3 is 0.955 bits per heavy atom. The Hall–Kier alpha value is -4.94. The van der Waals surface area contributed by atoms with Crippen LogP contribution in [0.4, 0.5) is 0 Å². The van der Waals surface area contributed by atoms with E-state index < -0.39 is 0 Å². The first kappa shape index (κ1) is 26.7. The standard InChI is InChI=1S/C44H36/c1-25-19-33(20-26(2)29(25)5)31-15-17-37-38-18-16-32(34-21-27(3)30(6)28(4)22-34)24-42(38)44-40-14-10-8-12-36(40)35-11-7-9-13-39(35)43(44)41(37)23-31/h7-24H,1-6H3. The second kappa shape index (κ2) is 9.79. The van der Waals surface area contributed by atoms with Crippen LogP contribution in [0.25, 0.3) is 76.1 Å². The van der Waals surface area contributed by atoms with Crippen LogP contribution in [-0.2, 0) is 0 Å². The molecular formula is C44H36. The lowest BCUT2D eigenvalue weighted by atomic mass is 9.85. The number of benzene rings is 8. The molecule has 8 aromatic rings. The highest BCUT2D eigenvalue weighted by atomic mass is 14.2. The third-order valence-corrected chi connectivity index (χ3v) is 10.3. The molecule has 0 nitrogen and oxygen atoms in total. The topological polar surface area (TPSA) is 0 Å². The van der Waals surface area contributed by atoms with Crippen molar-refractivity contribution in [3.05, 3.63) is 143 Å². The van der Waals surface area contributed by atoms with Crippen molar-refractivity contribution >= 4 is 53.9 Å². The van der Waals surface area contributed by atoms with E-state index >= 15 is 0 Å². The van der Waals surface area contributed by atoms with Crippen molar-refractivity contribution < 1.29 is 0 Å². The average Bonchev–Trinajstić information content (AvgIpc) is 3.04. The van der Waals surface area contributed by atoms with Crippen LogP contribution in [0, 0.1) is 41.5 Å². The number of hydrogen-bond donors (Lipinski definition) is 0. The lowest BCUT2D eigenvalue weighted by molar-refractivity contribution is 1.27. The molecular weight excluding hydrogens is 528 g/mol. The molecule has 0 fully saturated rings. The van der Waals surface area contributed by atoms with Crippen molar-refractivity contribution in [3.63, 3.8) is 0 Å². The van der Waals surface area contributed by atoms with Gasteiger partial charge in [-0.1, -0.05) is 97.1 Å². The minimum absolute atomic E-state index is 1.27. The Kier molecular flexibility index (Phi) is 5.94. The highest BCUT2D eigenvalue weighted by molar-refractivity contribution is 6.39. The Labute approximate surface area is 259 Å². The van der Waals surface area contributed by atoms with Gasteiger partial charge in [-0.25, -0.2) is 0 Å². The van der Waals surface area contributed by atoms with Crippen LogP contribution in [0.1, 0.15) is 33.4 Å². The Bertz CT molecular complexity index is 2270. The molecule has 0 aromatic heterocycles. The number of fused-ring (bicyclic) bond motifs is 11. The molecule has 0 heteroatoms. The molecule has 0 radical (unpaired) electrons. The molecule has 44 heavy (non-hydrogen) atoms. The summed E-state index contributed by atoms with van der Waals surface area (Å²) in [7, 11) is 0. The summed E-state index contributed by atoms with van der Waals surface area (Å²) in [6, 6.07) is 41.6. The van der Waals surface area contributed by atoms with Crippen molar-refractivity contribution in [1.29, 1.82) is 0 Å². The van der Waals surface area contributed by atoms with Crippen molar-refractivity contribution in [2.45, 2.75) is 41.5 Å². The molecule has 0 unspecified atom stereocenters. The molecule has 0 atom stereocenters. The Morgan fingerprint density at radius 2 is 0.591 bits per heavy atom. The van der Waals surface area contributed by atoms with Crippen molar-refractivity contribution in [1.82, 2.24) is 0 Å². The summed E-state index contributed by atoms with van der Waals surface area (Å²) in [5.74, 6) is 0. The molecule has 212 valence electrons. The average molecular weight is 565 g/mol. The van der Waals surface area contributed by atoms with Gasteiger partial charge in [-0.05, 0) is 163 Å². The molecule has 0 aliphatic carbocycles. The Balaban J connectivity index is 1.57. The summed E-state index contributed by atoms with van der Waals surface area (Å²) >= 11 is 0. The zero-order valence-corrected chi connectivity index (χ0v) is 26.4. The van der Waals surface area contributed by atoms with E-state index in [-0.39, 0.29) is 0 Å². The maximum Gasteiger partial charge on any atom is -0.00137 e. The molecule has 0 aliphatic rings. The second-order valence-corrected chi connectivity index (χ2v) is 12.8. The zero-order valence-electron chi connectivity index (χ0n) is 26.4. The van der Waals surface area contributed by atoms with Gasteiger partial charge < -0.3 is 0 Å². The predicted molar refractivity (Wildman–Crippen MR) is 193 cm³/mol. The first-order valence-corrected chi connectivity index (χ1v) is 15.7. The summed E-state index contributed by atoms with van der Waals surface area (Å²) in [4.78, 5) is 0. The van der Waals surface area contributed by atoms with Gasteiger partial charge in [0.05, 0.1) is 0 Å². The van der Waals surface area contributed by atoms with Gasteiger partial charge in [0.1, 0.15) is 0 Å². The van der Waals surface area contributed by atoms with Crippen LogP contribution in [-0.4, -0.2) is 0 Å². The fourth-order valence-corrected chi connectivity index (χ4v) is 7.44. The molecule has 8 rings (SSSR count). The normalized spacial score (nSPS) is 11.9. The summed E-state index contributed by atoms with van der Waals surface area (Å²) in [6.45, 7) is 13.3. The van der Waals surface area contributed by atoms with E-state index in [4.69, 9.17) is 0 Å². The molecule has 8 aromatic carbocycles. The van der Waals surface area contributed by atoms with E-state index in [1.807, 2.05) is 0 Å². The fraction of sp³-hybridized carbons (Fsp3) is 0.136. The van der Waals surface area contributed by atoms with Crippen molar-refractivity contribution in [2.75, 3.05) is 0 Å². The van der Waals surface area contributed by atoms with Crippen LogP contribution in [0.5, 0.6) is 0 Å². The molecule has 0 bridgehead atoms. The third kappa shape index (κ3) is 3.91. The number of hydrogen-bond acceptors (Lipinski definition) is 0. The summed E-state index contributed by atoms with van der Waals surface area (Å²) in [6.07, 6.45) is 0. The number of aryl methyl sites for hydroxylation is 4. The van der Waals surface area contributed by atoms with Gasteiger partial charge in [0, 0.05) is 0 Å². The van der Waals surface area contributed by atoms with E-state index in [1.54, 1.807) is 0 Å². The number of rotatable bonds is 2. The lowest BCUT2D eigenvalue weighted by Crippen LogP contribution is -1.92. The van der Waals surface area contributed by atoms with Gasteiger partial charge >= 0.3 is 0 Å². The molecule has 0 heterocycles. The maximum absolute atomic E-state index is 2.45. The minimum Gasteiger partial charge on any atom is -0.0616 e. The molecule has 0 amide bonds. The SMILES string of the molecule is Cc1cc(-c2ccc3c4ccc(-c5cc(C)c(C)c(C)c5)cc4c4c5ccccc5c5ccccc5c4c3c2)cc(C)c1C. The zero-order chi connectivity index (χ0) is 30.3. The molecule has 0 spiro atoms. The van der Waals surface area contributed by atoms with Gasteiger partial charge in [-0.2, -0.15) is 0 Å². The van der Waals surface area contributed by atoms with Crippen LogP contribution in [0.15, 0.2) is 109 Å². The summed E-state index contributed by atoms with van der Waals surface area (Å²) < 4.78 is 0. The lowest BCUT2D eigenvalue weighted by Gasteiger charge is -2.18. The van der Waals surface area contributed by atoms with Crippen LogP contribution in [0.2, 0.25) is 0 Å². The summed E-state index contributed by atoms with van der Waals surface area (Å²) in [5, 5.41) is 13.2. The molecule has 0 saturated heterocycles. The van der Waals surface area contributed by atoms with Gasteiger partial charge in [-0.3, -0.25) is 0 Å². The highest BCUT2D eigenvalue weighted by Crippen LogP contribution is 2.45. The fourth-order valence-electron chi connectivity index (χ4n) is 7.44. The van der Waals surface area contributed by atoms with E-state index in [1.165, 1.54) is 109 Å². The van der Waals surface area contributed by atoms with E-state index in [2.05, 4.69) is 151 Å². The van der Waals surface area contributed by atoms with Crippen LogP contribution < -0.4 is 0 Å².